The van der Waals surface area contributed by atoms with Gasteiger partial charge < -0.3 is 9.80 Å². The molecule has 0 bridgehead atoms. The zero-order valence-electron chi connectivity index (χ0n) is 15.5. The van der Waals surface area contributed by atoms with Gasteiger partial charge in [-0.05, 0) is 26.1 Å². The van der Waals surface area contributed by atoms with Gasteiger partial charge in [0.25, 0.3) is 0 Å². The van der Waals surface area contributed by atoms with Crippen molar-refractivity contribution in [1.82, 2.24) is 29.5 Å². The molecule has 1 aromatic rings. The van der Waals surface area contributed by atoms with E-state index in [1.54, 1.807) is 0 Å². The highest BCUT2D eigenvalue weighted by Gasteiger charge is 2.25. The SMILES string of the molecule is CCN(CC)C(=O)N1CCN(Cn2[nH]c(C(C)(C)C)nc2=S)CC1. The molecule has 2 rings (SSSR count). The van der Waals surface area contributed by atoms with Crippen molar-refractivity contribution in [2.24, 2.45) is 0 Å². The lowest BCUT2D eigenvalue weighted by Gasteiger charge is -2.37. The third-order valence-electron chi connectivity index (χ3n) is 4.41. The zero-order valence-corrected chi connectivity index (χ0v) is 16.3. The van der Waals surface area contributed by atoms with E-state index in [1.807, 2.05) is 28.3 Å². The highest BCUT2D eigenvalue weighted by Crippen LogP contribution is 2.18. The molecule has 2 amide bonds. The number of hydrogen-bond acceptors (Lipinski definition) is 4. The summed E-state index contributed by atoms with van der Waals surface area (Å²) in [6.45, 7) is 15.8. The normalized spacial score (nSPS) is 16.5. The first-order chi connectivity index (χ1) is 11.3. The first kappa shape index (κ1) is 18.9. The lowest BCUT2D eigenvalue weighted by atomic mass is 9.96. The molecule has 1 fully saturated rings. The van der Waals surface area contributed by atoms with Crippen LogP contribution in [0.4, 0.5) is 4.79 Å². The molecular formula is C16H30N6OS. The number of nitrogens with one attached hydrogen (secondary N) is 1. The Kier molecular flexibility index (Phi) is 6.03. The summed E-state index contributed by atoms with van der Waals surface area (Å²) in [4.78, 5) is 23.0. The number of aromatic nitrogens is 3. The van der Waals surface area contributed by atoms with Gasteiger partial charge in [-0.15, -0.1) is 0 Å². The number of hydrogen-bond donors (Lipinski definition) is 1. The van der Waals surface area contributed by atoms with Crippen LogP contribution in [-0.2, 0) is 12.1 Å². The predicted molar refractivity (Wildman–Crippen MR) is 97.6 cm³/mol. The zero-order chi connectivity index (χ0) is 17.9. The Hall–Kier alpha value is -1.41. The van der Waals surface area contributed by atoms with Crippen LogP contribution in [-0.4, -0.2) is 74.8 Å². The number of rotatable bonds is 4. The quantitative estimate of drug-likeness (QED) is 0.843. The number of piperazine rings is 1. The summed E-state index contributed by atoms with van der Waals surface area (Å²) in [6, 6.07) is 0.146. The fourth-order valence-electron chi connectivity index (χ4n) is 2.76. The van der Waals surface area contributed by atoms with E-state index in [9.17, 15) is 4.79 Å². The summed E-state index contributed by atoms with van der Waals surface area (Å²) in [6.07, 6.45) is 0. The molecule has 0 atom stereocenters. The topological polar surface area (TPSA) is 60.4 Å². The molecule has 136 valence electrons. The Morgan fingerprint density at radius 3 is 2.25 bits per heavy atom. The molecule has 0 unspecified atom stereocenters. The van der Waals surface area contributed by atoms with Gasteiger partial charge in [-0.2, -0.15) is 0 Å². The van der Waals surface area contributed by atoms with E-state index in [1.165, 1.54) is 0 Å². The van der Waals surface area contributed by atoms with Gasteiger partial charge in [0.1, 0.15) is 5.82 Å². The molecule has 1 saturated heterocycles. The van der Waals surface area contributed by atoms with Gasteiger partial charge in [0, 0.05) is 44.7 Å². The van der Waals surface area contributed by atoms with Crippen molar-refractivity contribution in [3.63, 3.8) is 0 Å². The van der Waals surface area contributed by atoms with Gasteiger partial charge in [0.2, 0.25) is 4.77 Å². The minimum atomic E-state index is -0.0479. The molecule has 0 spiro atoms. The number of nitrogens with zero attached hydrogens (tertiary/aromatic N) is 5. The van der Waals surface area contributed by atoms with Gasteiger partial charge in [-0.3, -0.25) is 10.00 Å². The minimum Gasteiger partial charge on any atom is -0.325 e. The van der Waals surface area contributed by atoms with Crippen LogP contribution < -0.4 is 0 Å². The Labute approximate surface area is 149 Å². The van der Waals surface area contributed by atoms with E-state index in [4.69, 9.17) is 12.2 Å². The maximum Gasteiger partial charge on any atom is 0.320 e. The van der Waals surface area contributed by atoms with E-state index in [2.05, 4.69) is 35.8 Å². The third-order valence-corrected chi connectivity index (χ3v) is 4.72. The second-order valence-corrected chi connectivity index (χ2v) is 7.60. The molecule has 24 heavy (non-hydrogen) atoms. The van der Waals surface area contributed by atoms with Crippen molar-refractivity contribution in [2.45, 2.75) is 46.7 Å². The van der Waals surface area contributed by atoms with Crippen LogP contribution in [0.2, 0.25) is 0 Å². The standard InChI is InChI=1S/C16H30N6OS/c1-6-20(7-2)15(23)21-10-8-19(9-11-21)12-22-14(24)17-13(18-22)16(3,4)5/h6-12H2,1-5H3,(H,17,18,24). The number of H-pyrrole nitrogens is 1. The Morgan fingerprint density at radius 1 is 1.21 bits per heavy atom. The van der Waals surface area contributed by atoms with Crippen molar-refractivity contribution in [2.75, 3.05) is 39.3 Å². The van der Waals surface area contributed by atoms with Crippen LogP contribution in [0.25, 0.3) is 0 Å². The number of urea groups is 1. The molecule has 0 radical (unpaired) electrons. The highest BCUT2D eigenvalue weighted by atomic mass is 32.1. The highest BCUT2D eigenvalue weighted by molar-refractivity contribution is 7.71. The molecule has 0 aromatic carbocycles. The molecule has 8 heteroatoms. The first-order valence-electron chi connectivity index (χ1n) is 8.69. The Balaban J connectivity index is 1.93. The maximum absolute atomic E-state index is 12.4. The lowest BCUT2D eigenvalue weighted by Crippen LogP contribution is -2.53. The summed E-state index contributed by atoms with van der Waals surface area (Å²) >= 11 is 5.36. The van der Waals surface area contributed by atoms with Gasteiger partial charge in [0.05, 0.1) is 6.67 Å². The van der Waals surface area contributed by atoms with E-state index < -0.39 is 0 Å². The van der Waals surface area contributed by atoms with Crippen LogP contribution in [0.15, 0.2) is 0 Å². The Bertz CT molecular complexity index is 605. The van der Waals surface area contributed by atoms with Crippen molar-refractivity contribution >= 4 is 18.2 Å². The second-order valence-electron chi connectivity index (χ2n) is 7.23. The minimum absolute atomic E-state index is 0.0479. The average molecular weight is 355 g/mol. The molecular weight excluding hydrogens is 324 g/mol. The number of carbonyl (C=O) groups excluding carboxylic acids is 1. The number of aromatic amines is 1. The molecule has 1 aromatic heterocycles. The summed E-state index contributed by atoms with van der Waals surface area (Å²) in [5, 5.41) is 3.31. The molecule has 1 aliphatic heterocycles. The fraction of sp³-hybridized carbons (Fsp3) is 0.812. The second kappa shape index (κ2) is 7.65. The monoisotopic (exact) mass is 354 g/mol. The van der Waals surface area contributed by atoms with Crippen molar-refractivity contribution in [3.8, 4) is 0 Å². The fourth-order valence-corrected chi connectivity index (χ4v) is 2.96. The van der Waals surface area contributed by atoms with Crippen LogP contribution >= 0.6 is 12.2 Å². The summed E-state index contributed by atoms with van der Waals surface area (Å²) in [7, 11) is 0. The van der Waals surface area contributed by atoms with Gasteiger partial charge in [-0.25, -0.2) is 14.5 Å². The molecule has 0 saturated carbocycles. The maximum atomic E-state index is 12.4. The van der Waals surface area contributed by atoms with Crippen molar-refractivity contribution in [1.29, 1.82) is 0 Å². The van der Waals surface area contributed by atoms with Crippen LogP contribution in [0, 0.1) is 4.77 Å². The van der Waals surface area contributed by atoms with Crippen molar-refractivity contribution < 1.29 is 4.79 Å². The Morgan fingerprint density at radius 2 is 1.79 bits per heavy atom. The summed E-state index contributed by atoms with van der Waals surface area (Å²) < 4.78 is 2.50. The van der Waals surface area contributed by atoms with E-state index in [0.29, 0.717) is 11.4 Å². The molecule has 2 heterocycles. The largest absolute Gasteiger partial charge is 0.325 e. The average Bonchev–Trinajstić information content (AvgIpc) is 2.90. The number of carbonyl (C=O) groups is 1. The van der Waals surface area contributed by atoms with Crippen LogP contribution in [0.3, 0.4) is 0 Å². The molecule has 7 nitrogen and oxygen atoms in total. The van der Waals surface area contributed by atoms with Crippen molar-refractivity contribution in [3.05, 3.63) is 10.6 Å². The van der Waals surface area contributed by atoms with Gasteiger partial charge >= 0.3 is 6.03 Å². The number of amides is 2. The lowest BCUT2D eigenvalue weighted by molar-refractivity contribution is 0.0968. The molecule has 0 aliphatic carbocycles. The summed E-state index contributed by atoms with van der Waals surface area (Å²) in [5.41, 5.74) is -0.0479. The van der Waals surface area contributed by atoms with E-state index >= 15 is 0 Å². The smallest absolute Gasteiger partial charge is 0.320 e. The van der Waals surface area contributed by atoms with Crippen LogP contribution in [0.1, 0.15) is 40.4 Å². The van der Waals surface area contributed by atoms with E-state index in [-0.39, 0.29) is 11.4 Å². The molecule has 1 N–H and O–H groups in total. The summed E-state index contributed by atoms with van der Waals surface area (Å²) in [5.74, 6) is 0.905. The van der Waals surface area contributed by atoms with E-state index in [0.717, 1.165) is 45.1 Å². The van der Waals surface area contributed by atoms with Gasteiger partial charge in [-0.1, -0.05) is 20.8 Å². The first-order valence-corrected chi connectivity index (χ1v) is 9.10. The predicted octanol–water partition coefficient (Wildman–Crippen LogP) is 2.28. The third kappa shape index (κ3) is 4.36. The van der Waals surface area contributed by atoms with Gasteiger partial charge in [0.15, 0.2) is 0 Å². The van der Waals surface area contributed by atoms with Crippen LogP contribution in [0.5, 0.6) is 0 Å². The molecule has 1 aliphatic rings.